The highest BCUT2D eigenvalue weighted by atomic mass is 16.6. The van der Waals surface area contributed by atoms with E-state index in [-0.39, 0.29) is 18.4 Å². The highest BCUT2D eigenvalue weighted by Crippen LogP contribution is 2.44. The van der Waals surface area contributed by atoms with Crippen molar-refractivity contribution >= 4 is 18.1 Å². The van der Waals surface area contributed by atoms with Crippen LogP contribution >= 0.6 is 0 Å². The molecule has 0 unspecified atom stereocenters. The maximum atomic E-state index is 12.7. The van der Waals surface area contributed by atoms with Crippen LogP contribution in [0.2, 0.25) is 0 Å². The van der Waals surface area contributed by atoms with Gasteiger partial charge in [0.15, 0.2) is 0 Å². The van der Waals surface area contributed by atoms with Gasteiger partial charge in [0, 0.05) is 18.0 Å². The number of unbranched alkanes of at least 4 members (excludes halogenated alkanes) is 1. The lowest BCUT2D eigenvalue weighted by Crippen LogP contribution is -2.52. The number of benzene rings is 2. The Balaban J connectivity index is 1.45. The van der Waals surface area contributed by atoms with Crippen molar-refractivity contribution in [2.75, 3.05) is 13.2 Å². The number of rotatable bonds is 9. The summed E-state index contributed by atoms with van der Waals surface area (Å²) in [6.07, 6.45) is 0.540. The number of nitrogens with one attached hydrogen (secondary N) is 3. The zero-order valence-corrected chi connectivity index (χ0v) is 23.4. The van der Waals surface area contributed by atoms with Crippen molar-refractivity contribution in [1.82, 2.24) is 16.0 Å². The van der Waals surface area contributed by atoms with Crippen LogP contribution in [0.5, 0.6) is 0 Å². The highest BCUT2D eigenvalue weighted by molar-refractivity contribution is 5.86. The summed E-state index contributed by atoms with van der Waals surface area (Å²) < 4.78 is 10.9. The van der Waals surface area contributed by atoms with E-state index in [2.05, 4.69) is 40.2 Å². The summed E-state index contributed by atoms with van der Waals surface area (Å²) in [5.41, 5.74) is 3.60. The van der Waals surface area contributed by atoms with Gasteiger partial charge in [-0.1, -0.05) is 48.5 Å². The lowest BCUT2D eigenvalue weighted by Gasteiger charge is -2.27. The molecule has 3 rings (SSSR count). The van der Waals surface area contributed by atoms with Crippen molar-refractivity contribution in [3.8, 4) is 11.1 Å². The molecule has 1 atom stereocenters. The molecule has 0 saturated heterocycles. The van der Waals surface area contributed by atoms with Crippen molar-refractivity contribution in [2.24, 2.45) is 0 Å². The summed E-state index contributed by atoms with van der Waals surface area (Å²) in [5.74, 6) is -0.262. The molecule has 1 aliphatic rings. The quantitative estimate of drug-likeness (QED) is 0.376. The predicted octanol–water partition coefficient (Wildman–Crippen LogP) is 5.50. The Morgan fingerprint density at radius 1 is 0.842 bits per heavy atom. The van der Waals surface area contributed by atoms with E-state index in [0.29, 0.717) is 25.8 Å². The molecule has 8 heteroatoms. The van der Waals surface area contributed by atoms with Gasteiger partial charge in [-0.25, -0.2) is 9.59 Å². The van der Waals surface area contributed by atoms with Gasteiger partial charge in [-0.15, -0.1) is 0 Å². The largest absolute Gasteiger partial charge is 0.449 e. The average molecular weight is 524 g/mol. The Bertz CT molecular complexity index is 1090. The van der Waals surface area contributed by atoms with E-state index >= 15 is 0 Å². The van der Waals surface area contributed by atoms with Crippen LogP contribution in [0.3, 0.4) is 0 Å². The first kappa shape index (κ1) is 29.0. The van der Waals surface area contributed by atoms with Gasteiger partial charge in [0.2, 0.25) is 5.91 Å². The number of fused-ring (bicyclic) bond motifs is 3. The van der Waals surface area contributed by atoms with Crippen LogP contribution in [0.1, 0.15) is 77.8 Å². The standard InChI is InChI=1S/C30H41N3O5/c1-29(2,3)33-26(34)25(32-28(36)38-30(4,5)6)17-11-12-18-31-27(35)37-19-24-22-15-9-7-13-20(22)21-14-8-10-16-23(21)24/h7-10,13-16,24-25H,11-12,17-19H2,1-6H3,(H,31,35)(H,32,36)(H,33,34)/t25-/m0/s1. The maximum Gasteiger partial charge on any atom is 0.408 e. The first-order valence-corrected chi connectivity index (χ1v) is 13.2. The third kappa shape index (κ3) is 8.50. The van der Waals surface area contributed by atoms with E-state index in [0.717, 1.165) is 0 Å². The Labute approximate surface area is 225 Å². The molecule has 3 N–H and O–H groups in total. The summed E-state index contributed by atoms with van der Waals surface area (Å²) in [6, 6.07) is 15.7. The number of carbonyl (C=O) groups is 3. The van der Waals surface area contributed by atoms with Crippen molar-refractivity contribution in [2.45, 2.75) is 83.9 Å². The van der Waals surface area contributed by atoms with Crippen LogP contribution in [0.15, 0.2) is 48.5 Å². The third-order valence-corrected chi connectivity index (χ3v) is 6.04. The summed E-state index contributed by atoms with van der Waals surface area (Å²) in [7, 11) is 0. The van der Waals surface area contributed by atoms with Crippen molar-refractivity contribution in [1.29, 1.82) is 0 Å². The van der Waals surface area contributed by atoms with Crippen LogP contribution in [0.25, 0.3) is 11.1 Å². The Hall–Kier alpha value is -3.55. The second-order valence-corrected chi connectivity index (χ2v) is 11.7. The molecule has 2 aromatic rings. The van der Waals surface area contributed by atoms with Gasteiger partial charge in [-0.2, -0.15) is 0 Å². The van der Waals surface area contributed by atoms with Gasteiger partial charge in [-0.3, -0.25) is 4.79 Å². The topological polar surface area (TPSA) is 106 Å². The summed E-state index contributed by atoms with van der Waals surface area (Å²) >= 11 is 0. The van der Waals surface area contributed by atoms with E-state index in [9.17, 15) is 14.4 Å². The second-order valence-electron chi connectivity index (χ2n) is 11.7. The molecule has 38 heavy (non-hydrogen) atoms. The zero-order chi connectivity index (χ0) is 27.9. The van der Waals surface area contributed by atoms with Crippen LogP contribution in [0.4, 0.5) is 9.59 Å². The van der Waals surface area contributed by atoms with Gasteiger partial charge in [0.25, 0.3) is 0 Å². The number of hydrogen-bond donors (Lipinski definition) is 3. The molecule has 0 aromatic heterocycles. The highest BCUT2D eigenvalue weighted by Gasteiger charge is 2.29. The summed E-state index contributed by atoms with van der Waals surface area (Å²) in [4.78, 5) is 37.4. The summed E-state index contributed by atoms with van der Waals surface area (Å²) in [6.45, 7) is 11.6. The van der Waals surface area contributed by atoms with E-state index in [1.165, 1.54) is 22.3 Å². The number of ether oxygens (including phenoxy) is 2. The van der Waals surface area contributed by atoms with E-state index in [1.807, 2.05) is 45.0 Å². The number of hydrogen-bond acceptors (Lipinski definition) is 5. The van der Waals surface area contributed by atoms with Crippen molar-refractivity contribution in [3.63, 3.8) is 0 Å². The Morgan fingerprint density at radius 3 is 1.97 bits per heavy atom. The van der Waals surface area contributed by atoms with E-state index in [4.69, 9.17) is 9.47 Å². The minimum absolute atomic E-state index is 0.00849. The van der Waals surface area contributed by atoms with Crippen molar-refractivity contribution < 1.29 is 23.9 Å². The van der Waals surface area contributed by atoms with Crippen LogP contribution in [-0.2, 0) is 14.3 Å². The van der Waals surface area contributed by atoms with Gasteiger partial charge in [-0.05, 0) is 83.1 Å². The number of alkyl carbamates (subject to hydrolysis) is 2. The van der Waals surface area contributed by atoms with Gasteiger partial charge in [0.1, 0.15) is 18.2 Å². The second kappa shape index (κ2) is 12.3. The van der Waals surface area contributed by atoms with Crippen molar-refractivity contribution in [3.05, 3.63) is 59.7 Å². The van der Waals surface area contributed by atoms with E-state index in [1.54, 1.807) is 20.8 Å². The molecule has 2 aromatic carbocycles. The maximum absolute atomic E-state index is 12.7. The minimum atomic E-state index is -0.737. The first-order chi connectivity index (χ1) is 17.8. The minimum Gasteiger partial charge on any atom is -0.449 e. The molecule has 0 heterocycles. The molecule has 0 bridgehead atoms. The molecule has 0 saturated carbocycles. The smallest absolute Gasteiger partial charge is 0.408 e. The molecule has 3 amide bonds. The molecule has 0 aliphatic heterocycles. The number of carbonyl (C=O) groups excluding carboxylic acids is 3. The predicted molar refractivity (Wildman–Crippen MR) is 148 cm³/mol. The first-order valence-electron chi connectivity index (χ1n) is 13.2. The van der Waals surface area contributed by atoms with E-state index < -0.39 is 29.4 Å². The molecule has 1 aliphatic carbocycles. The monoisotopic (exact) mass is 523 g/mol. The van der Waals surface area contributed by atoms with Crippen LogP contribution < -0.4 is 16.0 Å². The molecular formula is C30H41N3O5. The van der Waals surface area contributed by atoms with Crippen LogP contribution in [-0.4, -0.2) is 48.4 Å². The van der Waals surface area contributed by atoms with Gasteiger partial charge in [0.05, 0.1) is 0 Å². The molecule has 0 radical (unpaired) electrons. The zero-order valence-electron chi connectivity index (χ0n) is 23.4. The third-order valence-electron chi connectivity index (χ3n) is 6.04. The molecule has 0 spiro atoms. The van der Waals surface area contributed by atoms with Gasteiger partial charge < -0.3 is 25.4 Å². The fraction of sp³-hybridized carbons (Fsp3) is 0.500. The SMILES string of the molecule is CC(C)(C)NC(=O)[C@H](CCCCNC(=O)OCC1c2ccccc2-c2ccccc21)NC(=O)OC(C)(C)C. The Kier molecular flexibility index (Phi) is 9.41. The van der Waals surface area contributed by atoms with Crippen LogP contribution in [0, 0.1) is 0 Å². The molecule has 206 valence electrons. The lowest BCUT2D eigenvalue weighted by molar-refractivity contribution is -0.124. The van der Waals surface area contributed by atoms with Gasteiger partial charge >= 0.3 is 12.2 Å². The Morgan fingerprint density at radius 2 is 1.42 bits per heavy atom. The molecular weight excluding hydrogens is 482 g/mol. The fourth-order valence-electron chi connectivity index (χ4n) is 4.49. The average Bonchev–Trinajstić information content (AvgIpc) is 3.13. The lowest BCUT2D eigenvalue weighted by atomic mass is 9.98. The normalized spacial score (nSPS) is 13.6. The molecule has 8 nitrogen and oxygen atoms in total. The molecule has 0 fully saturated rings. The summed E-state index contributed by atoms with van der Waals surface area (Å²) in [5, 5.41) is 8.38. The fourth-order valence-corrected chi connectivity index (χ4v) is 4.49. The number of amides is 3.